The maximum Gasteiger partial charge on any atom is 0.353 e. The molecule has 2 N–H and O–H groups in total. The Morgan fingerprint density at radius 3 is 2.62 bits per heavy atom. The molecule has 8 nitrogen and oxygen atoms in total. The average molecular weight is 452 g/mol. The second-order valence-electron chi connectivity index (χ2n) is 7.62. The molecule has 2 aliphatic heterocycles. The monoisotopic (exact) mass is 452 g/mol. The molecule has 2 aliphatic rings. The number of hydrogen-bond acceptors (Lipinski definition) is 6. The fourth-order valence-corrected chi connectivity index (χ4v) is 5.48. The predicted molar refractivity (Wildman–Crippen MR) is 114 cm³/mol. The number of aromatic nitrogens is 1. The van der Waals surface area contributed by atoms with E-state index >= 15 is 0 Å². The molecule has 0 bridgehead atoms. The SMILES string of the molecule is C[C@@H](O)[C@H]1C(=O)N2C(C(=O)O)=C(c3ccc(C[n+]4cccc(C=CC(=O)[O-])c4)cc3)S[C@H]12. The molecule has 9 heteroatoms. The minimum Gasteiger partial charge on any atom is -0.545 e. The van der Waals surface area contributed by atoms with Crippen LogP contribution in [-0.2, 0) is 20.9 Å². The van der Waals surface area contributed by atoms with Crippen LogP contribution in [0.15, 0.2) is 60.6 Å². The van der Waals surface area contributed by atoms with E-state index in [4.69, 9.17) is 0 Å². The van der Waals surface area contributed by atoms with Crippen LogP contribution in [0, 0.1) is 5.92 Å². The Labute approximate surface area is 188 Å². The number of thioether (sulfide) groups is 1. The Hall–Kier alpha value is -3.43. The predicted octanol–water partition coefficient (Wildman–Crippen LogP) is 0.451. The Bertz CT molecular complexity index is 1160. The van der Waals surface area contributed by atoms with Gasteiger partial charge in [0.05, 0.1) is 18.0 Å². The molecule has 0 aliphatic carbocycles. The molecule has 1 aromatic heterocycles. The summed E-state index contributed by atoms with van der Waals surface area (Å²) in [5.74, 6) is -3.42. The summed E-state index contributed by atoms with van der Waals surface area (Å²) in [7, 11) is 0. The van der Waals surface area contributed by atoms with E-state index in [0.717, 1.165) is 11.6 Å². The first-order valence-electron chi connectivity index (χ1n) is 9.89. The van der Waals surface area contributed by atoms with Crippen LogP contribution in [0.25, 0.3) is 11.0 Å². The number of benzene rings is 1. The van der Waals surface area contributed by atoms with Crippen LogP contribution in [0.5, 0.6) is 0 Å². The van der Waals surface area contributed by atoms with E-state index in [1.807, 2.05) is 41.1 Å². The van der Waals surface area contributed by atoms with Crippen LogP contribution in [0.4, 0.5) is 0 Å². The van der Waals surface area contributed by atoms with Gasteiger partial charge in [0.15, 0.2) is 18.9 Å². The lowest BCUT2D eigenvalue weighted by Gasteiger charge is -2.43. The van der Waals surface area contributed by atoms with Crippen LogP contribution in [0.2, 0.25) is 0 Å². The number of carboxylic acids is 2. The van der Waals surface area contributed by atoms with Gasteiger partial charge in [0.25, 0.3) is 0 Å². The number of nitrogens with zero attached hydrogens (tertiary/aromatic N) is 2. The largest absolute Gasteiger partial charge is 0.545 e. The Kier molecular flexibility index (Phi) is 5.86. The number of aliphatic carboxylic acids is 2. The fourth-order valence-electron chi connectivity index (χ4n) is 3.86. The number of aliphatic hydroxyl groups is 1. The van der Waals surface area contributed by atoms with E-state index in [9.17, 15) is 29.7 Å². The van der Waals surface area contributed by atoms with E-state index in [1.54, 1.807) is 12.3 Å². The Balaban J connectivity index is 1.54. The van der Waals surface area contributed by atoms with Crippen molar-refractivity contribution in [2.24, 2.45) is 5.92 Å². The first kappa shape index (κ1) is 21.8. The van der Waals surface area contributed by atoms with Gasteiger partial charge in [-0.2, -0.15) is 0 Å². The number of β-lactam (4-membered cyclic amide) rings is 1. The molecule has 0 saturated carbocycles. The molecular formula is C23H20N2O6S. The summed E-state index contributed by atoms with van der Waals surface area (Å²) in [4.78, 5) is 36.6. The third-order valence-electron chi connectivity index (χ3n) is 5.38. The van der Waals surface area contributed by atoms with E-state index in [0.29, 0.717) is 22.6 Å². The maximum atomic E-state index is 12.4. The molecule has 0 spiro atoms. The van der Waals surface area contributed by atoms with Crippen molar-refractivity contribution in [3.8, 4) is 0 Å². The molecule has 32 heavy (non-hydrogen) atoms. The summed E-state index contributed by atoms with van der Waals surface area (Å²) in [5, 5.41) is 29.7. The van der Waals surface area contributed by atoms with Gasteiger partial charge in [0.1, 0.15) is 11.1 Å². The molecule has 4 rings (SSSR count). The van der Waals surface area contributed by atoms with Gasteiger partial charge < -0.3 is 20.1 Å². The van der Waals surface area contributed by atoms with Gasteiger partial charge in [-0.3, -0.25) is 9.69 Å². The number of carbonyl (C=O) groups is 3. The normalized spacial score (nSPS) is 20.9. The van der Waals surface area contributed by atoms with E-state index < -0.39 is 29.3 Å². The zero-order valence-corrected chi connectivity index (χ0v) is 17.9. The number of carbonyl (C=O) groups excluding carboxylic acids is 2. The van der Waals surface area contributed by atoms with Crippen LogP contribution in [0.1, 0.15) is 23.6 Å². The number of amides is 1. The number of rotatable bonds is 7. The summed E-state index contributed by atoms with van der Waals surface area (Å²) < 4.78 is 1.90. The van der Waals surface area contributed by atoms with Crippen molar-refractivity contribution < 1.29 is 34.3 Å². The molecule has 1 fully saturated rings. The molecule has 0 radical (unpaired) electrons. The van der Waals surface area contributed by atoms with E-state index in [-0.39, 0.29) is 11.6 Å². The van der Waals surface area contributed by atoms with Crippen molar-refractivity contribution in [3.63, 3.8) is 0 Å². The smallest absolute Gasteiger partial charge is 0.353 e. The van der Waals surface area contributed by atoms with Crippen LogP contribution in [-0.4, -0.2) is 44.4 Å². The van der Waals surface area contributed by atoms with Gasteiger partial charge in [0, 0.05) is 22.1 Å². The maximum absolute atomic E-state index is 12.4. The molecular weight excluding hydrogens is 432 g/mol. The molecule has 1 saturated heterocycles. The van der Waals surface area contributed by atoms with Gasteiger partial charge in [-0.05, 0) is 30.7 Å². The van der Waals surface area contributed by atoms with Gasteiger partial charge in [0.2, 0.25) is 5.91 Å². The summed E-state index contributed by atoms with van der Waals surface area (Å²) in [5.41, 5.74) is 2.32. The van der Waals surface area contributed by atoms with Crippen molar-refractivity contribution in [2.45, 2.75) is 24.9 Å². The third-order valence-corrected chi connectivity index (χ3v) is 6.79. The van der Waals surface area contributed by atoms with E-state index in [1.165, 1.54) is 29.7 Å². The minimum atomic E-state index is -1.26. The van der Waals surface area contributed by atoms with E-state index in [2.05, 4.69) is 0 Å². The van der Waals surface area contributed by atoms with Gasteiger partial charge >= 0.3 is 5.97 Å². The molecule has 2 aromatic rings. The highest BCUT2D eigenvalue weighted by molar-refractivity contribution is 8.09. The number of hydrogen-bond donors (Lipinski definition) is 2. The first-order valence-corrected chi connectivity index (χ1v) is 10.8. The van der Waals surface area contributed by atoms with Gasteiger partial charge in [-0.15, -0.1) is 0 Å². The van der Waals surface area contributed by atoms with Crippen molar-refractivity contribution in [1.29, 1.82) is 0 Å². The topological polar surface area (TPSA) is 122 Å². The second-order valence-corrected chi connectivity index (χ2v) is 8.75. The quantitative estimate of drug-likeness (QED) is 0.355. The van der Waals surface area contributed by atoms with Crippen LogP contribution in [0.3, 0.4) is 0 Å². The number of fused-ring (bicyclic) bond motifs is 1. The van der Waals surface area contributed by atoms with Crippen molar-refractivity contribution >= 4 is 40.6 Å². The van der Waals surface area contributed by atoms with Crippen LogP contribution < -0.4 is 9.67 Å². The standard InChI is InChI=1S/C23H20N2O6S/c1-13(26)18-21(29)25-19(23(30)31)20(32-22(18)25)16-7-4-15(5-8-16)12-24-10-2-3-14(11-24)6-9-17(27)28/h2-11,13,18,22,26H,12H2,1H3,(H-,27,28,30,31)/t13-,18+,22-/m1/s1. The Morgan fingerprint density at radius 2 is 2.00 bits per heavy atom. The lowest BCUT2D eigenvalue weighted by Crippen LogP contribution is -2.60. The van der Waals surface area contributed by atoms with Crippen molar-refractivity contribution in [2.75, 3.05) is 0 Å². The first-order chi connectivity index (χ1) is 15.3. The third kappa shape index (κ3) is 4.04. The second kappa shape index (κ2) is 8.60. The summed E-state index contributed by atoms with van der Waals surface area (Å²) in [6, 6.07) is 11.0. The van der Waals surface area contributed by atoms with Crippen LogP contribution >= 0.6 is 11.8 Å². The van der Waals surface area contributed by atoms with Crippen molar-refractivity contribution in [3.05, 3.63) is 77.3 Å². The molecule has 3 atom stereocenters. The highest BCUT2D eigenvalue weighted by atomic mass is 32.2. The average Bonchev–Trinajstić information content (AvgIpc) is 3.08. The molecule has 164 valence electrons. The number of aliphatic hydroxyl groups excluding tert-OH is 1. The van der Waals surface area contributed by atoms with Gasteiger partial charge in [-0.1, -0.05) is 36.0 Å². The highest BCUT2D eigenvalue weighted by Crippen LogP contribution is 2.53. The zero-order valence-electron chi connectivity index (χ0n) is 17.0. The highest BCUT2D eigenvalue weighted by Gasteiger charge is 2.57. The number of carboxylic acid groups (broad SMARTS) is 2. The van der Waals surface area contributed by atoms with Crippen molar-refractivity contribution in [1.82, 2.24) is 4.90 Å². The molecule has 0 unspecified atom stereocenters. The van der Waals surface area contributed by atoms with Gasteiger partial charge in [-0.25, -0.2) is 9.36 Å². The fraction of sp³-hybridized carbons (Fsp3) is 0.217. The molecule has 3 heterocycles. The molecule has 1 amide bonds. The lowest BCUT2D eigenvalue weighted by atomic mass is 9.92. The Morgan fingerprint density at radius 1 is 1.28 bits per heavy atom. The molecule has 1 aromatic carbocycles. The number of pyridine rings is 1. The summed E-state index contributed by atoms with van der Waals surface area (Å²) in [6.07, 6.45) is 5.24. The minimum absolute atomic E-state index is 0.0450. The lowest BCUT2D eigenvalue weighted by molar-refractivity contribution is -0.688. The zero-order chi connectivity index (χ0) is 23.0. The summed E-state index contributed by atoms with van der Waals surface area (Å²) in [6.45, 7) is 2.07. The summed E-state index contributed by atoms with van der Waals surface area (Å²) >= 11 is 1.29.